The van der Waals surface area contributed by atoms with E-state index in [1.54, 1.807) is 5.32 Å². The summed E-state index contributed by atoms with van der Waals surface area (Å²) < 4.78 is 197. The van der Waals surface area contributed by atoms with E-state index in [9.17, 15) is 71.1 Å². The highest BCUT2D eigenvalue weighted by Gasteiger charge is 2.68. The van der Waals surface area contributed by atoms with Gasteiger partial charge in [0.1, 0.15) is 40.9 Å². The van der Waals surface area contributed by atoms with Gasteiger partial charge in [-0.25, -0.2) is 35.4 Å². The molecule has 0 aliphatic heterocycles. The van der Waals surface area contributed by atoms with Gasteiger partial charge in [-0.3, -0.25) is 23.7 Å². The minimum atomic E-state index is -5.25. The third-order valence-electron chi connectivity index (χ3n) is 11.7. The smallest absolute Gasteiger partial charge is 0.435 e. The number of fused-ring (bicyclic) bond motifs is 4. The van der Waals surface area contributed by atoms with E-state index in [-0.39, 0.29) is 36.9 Å². The molecule has 73 heavy (non-hydrogen) atoms. The molecule has 1 fully saturated rings. The highest BCUT2D eigenvalue weighted by Crippen LogP contribution is 2.68. The van der Waals surface area contributed by atoms with Crippen molar-refractivity contribution >= 4 is 71.9 Å². The summed E-state index contributed by atoms with van der Waals surface area (Å²) >= 11 is 6.55. The largest absolute Gasteiger partial charge is 0.474 e. The van der Waals surface area contributed by atoms with E-state index in [2.05, 4.69) is 32.3 Å². The number of aromatic nitrogens is 5. The third-order valence-corrected chi connectivity index (χ3v) is 15.0. The molecule has 390 valence electrons. The van der Waals surface area contributed by atoms with Crippen molar-refractivity contribution in [3.05, 3.63) is 93.0 Å². The van der Waals surface area contributed by atoms with Crippen LogP contribution in [0, 0.1) is 29.4 Å². The van der Waals surface area contributed by atoms with Gasteiger partial charge in [0, 0.05) is 34.9 Å². The second kappa shape index (κ2) is 18.6. The van der Waals surface area contributed by atoms with E-state index < -0.39 is 172 Å². The molecule has 0 saturated heterocycles. The maximum atomic E-state index is 15.6. The van der Waals surface area contributed by atoms with Crippen LogP contribution in [-0.4, -0.2) is 100 Å². The summed E-state index contributed by atoms with van der Waals surface area (Å²) in [5.74, 6) is -12.0. The Balaban J connectivity index is 1.48. The molecule has 0 spiro atoms. The summed E-state index contributed by atoms with van der Waals surface area (Å²) in [6.45, 7) is -2.38. The fraction of sp³-hybridized carbons (Fsp3) is 0.372. The lowest BCUT2D eigenvalue weighted by atomic mass is 9.93. The van der Waals surface area contributed by atoms with Crippen molar-refractivity contribution in [2.75, 3.05) is 23.4 Å². The summed E-state index contributed by atoms with van der Waals surface area (Å²) in [5.41, 5.74) is -6.43. The van der Waals surface area contributed by atoms with Crippen molar-refractivity contribution in [1.29, 1.82) is 0 Å². The molecule has 30 heteroatoms. The van der Waals surface area contributed by atoms with Crippen molar-refractivity contribution in [1.82, 2.24) is 35.2 Å². The molecule has 2 aliphatic rings. The molecular formula is C43H35ClF10N8O9S2. The van der Waals surface area contributed by atoms with Gasteiger partial charge in [0.2, 0.25) is 15.9 Å². The van der Waals surface area contributed by atoms with E-state index >= 15 is 8.78 Å². The number of carbonyl (C=O) groups excluding carboxylic acids is 3. The van der Waals surface area contributed by atoms with E-state index in [0.29, 0.717) is 12.3 Å². The molecule has 0 unspecified atom stereocenters. The molecule has 2 aromatic carbocycles. The molecule has 2 aliphatic carbocycles. The van der Waals surface area contributed by atoms with E-state index in [4.69, 9.17) is 16.7 Å². The van der Waals surface area contributed by atoms with E-state index in [1.807, 2.05) is 0 Å². The Bertz CT molecular complexity index is 3440. The number of nitrogens with zero attached hydrogens (tertiary/aromatic N) is 6. The third kappa shape index (κ3) is 11.0. The van der Waals surface area contributed by atoms with Crippen LogP contribution in [0.4, 0.5) is 49.7 Å². The highest BCUT2D eigenvalue weighted by molar-refractivity contribution is 7.93. The first-order valence-corrected chi connectivity index (χ1v) is 25.0. The first kappa shape index (κ1) is 54.0. The zero-order chi connectivity index (χ0) is 54.3. The van der Waals surface area contributed by atoms with Crippen molar-refractivity contribution in [3.8, 4) is 23.0 Å². The minimum Gasteiger partial charge on any atom is -0.474 e. The number of carboxylic acid groups (broad SMARTS) is 1. The summed E-state index contributed by atoms with van der Waals surface area (Å²) in [5, 5.41) is 18.8. The number of nitrogens with one attached hydrogen (secondary N) is 2. The normalized spacial score (nSPS) is 16.8. The first-order valence-electron chi connectivity index (χ1n) is 20.8. The lowest BCUT2D eigenvalue weighted by molar-refractivity contribution is -0.150. The molecule has 1 saturated carbocycles. The molecule has 0 bridgehead atoms. The molecule has 3 atom stereocenters. The van der Waals surface area contributed by atoms with Crippen LogP contribution in [0.1, 0.15) is 66.1 Å². The Kier molecular flexibility index (Phi) is 13.8. The molecule has 3 N–H and O–H groups in total. The molecule has 3 heterocycles. The Morgan fingerprint density at radius 2 is 1.58 bits per heavy atom. The maximum Gasteiger partial charge on any atom is 0.435 e. The number of carbonyl (C=O) groups is 4. The SMILES string of the molecule is CC(C)(C#Cc1ccc(-c2ccc(Cl)c3c(N(C(=O)CNC(=O)C(=O)O)S(C)(=O)=O)nn(CC(F)(F)F)c23)c([C@H](Cc2cc(F)cc(F)c2)NC(=O)Cn2nc(C(F)(F)F)c3c2C(F)(F)[C@@H]2C[C@H]32)n1)S(C)(=O)=O. The van der Waals surface area contributed by atoms with Gasteiger partial charge >= 0.3 is 24.2 Å². The lowest BCUT2D eigenvalue weighted by Crippen LogP contribution is -2.45. The average Bonchev–Trinajstić information content (AvgIpc) is 3.76. The van der Waals surface area contributed by atoms with Gasteiger partial charge < -0.3 is 15.7 Å². The van der Waals surface area contributed by atoms with Crippen LogP contribution < -0.4 is 14.9 Å². The summed E-state index contributed by atoms with van der Waals surface area (Å²) in [6.07, 6.45) is -10.3. The second-order valence-electron chi connectivity index (χ2n) is 17.4. The molecule has 5 aromatic rings. The van der Waals surface area contributed by atoms with Crippen molar-refractivity contribution in [2.24, 2.45) is 5.92 Å². The first-order chi connectivity index (χ1) is 33.5. The number of alkyl halides is 8. The molecule has 17 nitrogen and oxygen atoms in total. The van der Waals surface area contributed by atoms with Crippen LogP contribution in [0.5, 0.6) is 0 Å². The van der Waals surface area contributed by atoms with Gasteiger partial charge in [-0.1, -0.05) is 23.6 Å². The number of hydrogen-bond donors (Lipinski definition) is 3. The van der Waals surface area contributed by atoms with Crippen LogP contribution >= 0.6 is 11.6 Å². The number of sulfone groups is 1. The maximum absolute atomic E-state index is 15.6. The number of sulfonamides is 1. The number of aliphatic carboxylic acids is 1. The molecule has 7 rings (SSSR count). The predicted molar refractivity (Wildman–Crippen MR) is 236 cm³/mol. The topological polar surface area (TPSA) is 233 Å². The number of hydrogen-bond acceptors (Lipinski definition) is 11. The van der Waals surface area contributed by atoms with Crippen LogP contribution in [-0.2, 0) is 70.6 Å². The number of halogens is 11. The Morgan fingerprint density at radius 1 is 0.945 bits per heavy atom. The zero-order valence-corrected chi connectivity index (χ0v) is 40.1. The summed E-state index contributed by atoms with van der Waals surface area (Å²) in [6, 6.07) is 4.31. The van der Waals surface area contributed by atoms with Gasteiger partial charge in [-0.2, -0.15) is 49.6 Å². The van der Waals surface area contributed by atoms with Gasteiger partial charge in [0.25, 0.3) is 11.8 Å². The summed E-state index contributed by atoms with van der Waals surface area (Å²) in [4.78, 5) is 55.0. The number of benzene rings is 2. The predicted octanol–water partition coefficient (Wildman–Crippen LogP) is 5.78. The van der Waals surface area contributed by atoms with E-state index in [0.717, 1.165) is 42.7 Å². The number of carboxylic acids is 1. The zero-order valence-electron chi connectivity index (χ0n) is 37.7. The second-order valence-corrected chi connectivity index (χ2v) is 22.2. The van der Waals surface area contributed by atoms with Gasteiger partial charge in [0.05, 0.1) is 40.5 Å². The van der Waals surface area contributed by atoms with Crippen LogP contribution in [0.15, 0.2) is 42.5 Å². The number of pyridine rings is 1. The Hall–Kier alpha value is -6.80. The standard InChI is InChI=1S/C43H35ClF10N8O9S2/c1-40(2,72(3,68)69)10-9-22-5-6-23(24-7-8-27(44)32-34(24)61(18-41(47,48)49)59-37(32)62(73(4,70)71)30(64)16-55-38(65)39(66)67)33(56-22)28(13-19-11-20(45)14-21(46)12-19)57-29(63)17-60-36-31(35(58-60)43(52,53)54)25-15-26(25)42(36,50)51/h5-8,11-12,14,25-26,28H,13,15-18H2,1-4H3,(H,55,65)(H,57,63)(H,66,67)/t25-,26+,28-/m0/s1. The Morgan fingerprint density at radius 3 is 2.15 bits per heavy atom. The molecule has 3 amide bonds. The van der Waals surface area contributed by atoms with Crippen molar-refractivity contribution < 1.29 is 85.0 Å². The van der Waals surface area contributed by atoms with Crippen molar-refractivity contribution in [2.45, 2.75) is 74.8 Å². The Labute approximate surface area is 410 Å². The van der Waals surface area contributed by atoms with Crippen LogP contribution in [0.25, 0.3) is 22.0 Å². The number of amides is 3. The minimum absolute atomic E-state index is 0.149. The van der Waals surface area contributed by atoms with Gasteiger partial charge in [-0.05, 0) is 74.4 Å². The summed E-state index contributed by atoms with van der Waals surface area (Å²) in [7, 11) is -8.92. The van der Waals surface area contributed by atoms with Crippen LogP contribution in [0.3, 0.4) is 0 Å². The van der Waals surface area contributed by atoms with E-state index in [1.165, 1.54) is 13.8 Å². The lowest BCUT2D eigenvalue weighted by Gasteiger charge is -2.23. The fourth-order valence-corrected chi connectivity index (χ4v) is 9.51. The molecule has 3 aromatic heterocycles. The molecule has 0 radical (unpaired) electrons. The van der Waals surface area contributed by atoms with Gasteiger partial charge in [-0.15, -0.1) is 0 Å². The average molecular weight is 1100 g/mol. The van der Waals surface area contributed by atoms with Crippen molar-refractivity contribution in [3.63, 3.8) is 0 Å². The number of anilines is 1. The molecular weight excluding hydrogens is 1060 g/mol. The fourth-order valence-electron chi connectivity index (χ4n) is 8.16. The quantitative estimate of drug-likeness (QED) is 0.0723. The highest BCUT2D eigenvalue weighted by atomic mass is 35.5. The van der Waals surface area contributed by atoms with Crippen LogP contribution in [0.2, 0.25) is 5.02 Å². The monoisotopic (exact) mass is 1100 g/mol. The van der Waals surface area contributed by atoms with Gasteiger partial charge in [0.15, 0.2) is 21.3 Å². The number of rotatable bonds is 13.